The number of nitrogens with zero attached hydrogens (tertiary/aromatic N) is 2. The summed E-state index contributed by atoms with van der Waals surface area (Å²) in [5, 5.41) is 2.67. The maximum Gasteiger partial charge on any atom is 0.229 e. The van der Waals surface area contributed by atoms with E-state index in [0.717, 1.165) is 6.20 Å². The Morgan fingerprint density at radius 1 is 1.52 bits per heavy atom. The van der Waals surface area contributed by atoms with Gasteiger partial charge in [-0.15, -0.1) is 0 Å². The van der Waals surface area contributed by atoms with Crippen molar-refractivity contribution < 1.29 is 13.9 Å². The molecule has 1 N–H and O–H groups in total. The van der Waals surface area contributed by atoms with E-state index in [1.54, 1.807) is 0 Å². The molecule has 0 aromatic carbocycles. The highest BCUT2D eigenvalue weighted by molar-refractivity contribution is 6.28. The highest BCUT2D eigenvalue weighted by Crippen LogP contribution is 2.34. The smallest absolute Gasteiger partial charge is 0.229 e. The van der Waals surface area contributed by atoms with Crippen molar-refractivity contribution in [1.29, 1.82) is 0 Å². The SMILES string of the molecule is C[C@@H](OC(C)(C)C)C1CNC(=O)[C@H]1c1nc(Cl)ncc1F. The molecule has 116 valence electrons. The quantitative estimate of drug-likeness (QED) is 0.869. The van der Waals surface area contributed by atoms with Crippen molar-refractivity contribution in [3.05, 3.63) is 23.0 Å². The van der Waals surface area contributed by atoms with Crippen LogP contribution in [-0.2, 0) is 9.53 Å². The average molecular weight is 316 g/mol. The first-order valence-corrected chi connectivity index (χ1v) is 7.20. The van der Waals surface area contributed by atoms with Gasteiger partial charge in [-0.1, -0.05) is 0 Å². The number of carbonyl (C=O) groups is 1. The number of ether oxygens (including phenoxy) is 1. The van der Waals surface area contributed by atoms with E-state index in [9.17, 15) is 9.18 Å². The van der Waals surface area contributed by atoms with Crippen molar-refractivity contribution in [2.45, 2.75) is 45.3 Å². The van der Waals surface area contributed by atoms with Gasteiger partial charge in [0.25, 0.3) is 0 Å². The molecule has 0 aliphatic carbocycles. The molecular weight excluding hydrogens is 297 g/mol. The van der Waals surface area contributed by atoms with Gasteiger partial charge in [0.05, 0.1) is 29.5 Å². The lowest BCUT2D eigenvalue weighted by atomic mass is 9.87. The summed E-state index contributed by atoms with van der Waals surface area (Å²) in [7, 11) is 0. The first kappa shape index (κ1) is 16.1. The van der Waals surface area contributed by atoms with Gasteiger partial charge in [0.2, 0.25) is 11.2 Å². The highest BCUT2D eigenvalue weighted by atomic mass is 35.5. The third-order valence-corrected chi connectivity index (χ3v) is 3.58. The van der Waals surface area contributed by atoms with E-state index >= 15 is 0 Å². The van der Waals surface area contributed by atoms with Crippen molar-refractivity contribution in [3.8, 4) is 0 Å². The third kappa shape index (κ3) is 3.68. The monoisotopic (exact) mass is 315 g/mol. The molecule has 21 heavy (non-hydrogen) atoms. The van der Waals surface area contributed by atoms with E-state index in [1.807, 2.05) is 27.7 Å². The second kappa shape index (κ2) is 5.85. The molecule has 1 aromatic heterocycles. The number of rotatable bonds is 3. The van der Waals surface area contributed by atoms with E-state index in [0.29, 0.717) is 6.54 Å². The predicted molar refractivity (Wildman–Crippen MR) is 76.5 cm³/mol. The minimum Gasteiger partial charge on any atom is -0.373 e. The average Bonchev–Trinajstić information content (AvgIpc) is 2.72. The fourth-order valence-corrected chi connectivity index (χ4v) is 2.77. The number of carbonyl (C=O) groups excluding carboxylic acids is 1. The number of hydrogen-bond acceptors (Lipinski definition) is 4. The maximum absolute atomic E-state index is 14.0. The molecule has 2 rings (SSSR count). The van der Waals surface area contributed by atoms with Crippen LogP contribution in [0.4, 0.5) is 4.39 Å². The van der Waals surface area contributed by atoms with Gasteiger partial charge in [-0.05, 0) is 39.3 Å². The standard InChI is InChI=1S/C14H19ClFN3O2/c1-7(21-14(2,3)4)8-5-17-12(20)10(8)11-9(16)6-18-13(15)19-11/h6-8,10H,5H2,1-4H3,(H,17,20)/t7-,8?,10-/m1/s1. The molecule has 1 aromatic rings. The number of amides is 1. The van der Waals surface area contributed by atoms with E-state index in [4.69, 9.17) is 16.3 Å². The first-order valence-electron chi connectivity index (χ1n) is 6.82. The van der Waals surface area contributed by atoms with Crippen LogP contribution >= 0.6 is 11.6 Å². The number of hydrogen-bond donors (Lipinski definition) is 1. The molecule has 1 unspecified atom stereocenters. The molecule has 0 spiro atoms. The summed E-state index contributed by atoms with van der Waals surface area (Å²) in [5.41, 5.74) is -0.323. The first-order chi connectivity index (χ1) is 9.69. The molecule has 0 saturated carbocycles. The van der Waals surface area contributed by atoms with Crippen molar-refractivity contribution in [3.63, 3.8) is 0 Å². The minimum atomic E-state index is -0.720. The van der Waals surface area contributed by atoms with Gasteiger partial charge in [-0.3, -0.25) is 4.79 Å². The number of halogens is 2. The van der Waals surface area contributed by atoms with Gasteiger partial charge < -0.3 is 10.1 Å². The van der Waals surface area contributed by atoms with Gasteiger partial charge in [0, 0.05) is 12.5 Å². The Hall–Kier alpha value is -1.27. The van der Waals surface area contributed by atoms with Crippen LogP contribution < -0.4 is 5.32 Å². The molecule has 1 aliphatic heterocycles. The predicted octanol–water partition coefficient (Wildman–Crippen LogP) is 2.30. The molecule has 3 atom stereocenters. The van der Waals surface area contributed by atoms with Gasteiger partial charge >= 0.3 is 0 Å². The zero-order valence-corrected chi connectivity index (χ0v) is 13.2. The summed E-state index contributed by atoms with van der Waals surface area (Å²) < 4.78 is 19.9. The lowest BCUT2D eigenvalue weighted by Gasteiger charge is -2.30. The van der Waals surface area contributed by atoms with Crippen LogP contribution in [0.25, 0.3) is 0 Å². The Kier molecular flexibility index (Phi) is 4.49. The van der Waals surface area contributed by atoms with Crippen LogP contribution in [0.2, 0.25) is 5.28 Å². The van der Waals surface area contributed by atoms with Crippen LogP contribution in [-0.4, -0.2) is 34.1 Å². The normalized spacial score (nSPS) is 24.0. The zero-order valence-electron chi connectivity index (χ0n) is 12.5. The third-order valence-electron chi connectivity index (χ3n) is 3.40. The molecule has 1 amide bonds. The maximum atomic E-state index is 14.0. The Bertz CT molecular complexity index is 548. The second-order valence-electron chi connectivity index (χ2n) is 6.19. The van der Waals surface area contributed by atoms with Crippen LogP contribution in [0.3, 0.4) is 0 Å². The molecule has 5 nitrogen and oxygen atoms in total. The van der Waals surface area contributed by atoms with Gasteiger partial charge in [0.1, 0.15) is 0 Å². The molecule has 7 heteroatoms. The largest absolute Gasteiger partial charge is 0.373 e. The van der Waals surface area contributed by atoms with Crippen LogP contribution in [0.1, 0.15) is 39.3 Å². The fraction of sp³-hybridized carbons (Fsp3) is 0.643. The Morgan fingerprint density at radius 2 is 2.19 bits per heavy atom. The van der Waals surface area contributed by atoms with E-state index in [2.05, 4.69) is 15.3 Å². The van der Waals surface area contributed by atoms with Crippen molar-refractivity contribution in [2.24, 2.45) is 5.92 Å². The second-order valence-corrected chi connectivity index (χ2v) is 6.53. The summed E-state index contributed by atoms with van der Waals surface area (Å²) in [6, 6.07) is 0. The van der Waals surface area contributed by atoms with Crippen molar-refractivity contribution in [1.82, 2.24) is 15.3 Å². The molecule has 1 aliphatic rings. The summed E-state index contributed by atoms with van der Waals surface area (Å²) in [6.45, 7) is 8.10. The summed E-state index contributed by atoms with van der Waals surface area (Å²) in [4.78, 5) is 19.6. The van der Waals surface area contributed by atoms with Crippen molar-refractivity contribution in [2.75, 3.05) is 6.54 Å². The van der Waals surface area contributed by atoms with E-state index < -0.39 is 11.7 Å². The lowest BCUT2D eigenvalue weighted by molar-refractivity contribution is -0.122. The lowest BCUT2D eigenvalue weighted by Crippen LogP contribution is -2.34. The molecular formula is C14H19ClFN3O2. The van der Waals surface area contributed by atoms with Crippen LogP contribution in [0.5, 0.6) is 0 Å². The fourth-order valence-electron chi connectivity index (χ4n) is 2.63. The molecule has 1 saturated heterocycles. The van der Waals surface area contributed by atoms with Gasteiger partial charge in [-0.2, -0.15) is 0 Å². The molecule has 0 bridgehead atoms. The van der Waals surface area contributed by atoms with Crippen LogP contribution in [0, 0.1) is 11.7 Å². The number of nitrogens with one attached hydrogen (secondary N) is 1. The minimum absolute atomic E-state index is 0.0272. The molecule has 1 fully saturated rings. The Morgan fingerprint density at radius 3 is 2.81 bits per heavy atom. The van der Waals surface area contributed by atoms with Crippen molar-refractivity contribution >= 4 is 17.5 Å². The van der Waals surface area contributed by atoms with Gasteiger partial charge in [-0.25, -0.2) is 14.4 Å². The molecule has 2 heterocycles. The summed E-state index contributed by atoms with van der Waals surface area (Å²) >= 11 is 5.72. The molecule has 0 radical (unpaired) electrons. The Labute approximate surface area is 128 Å². The highest BCUT2D eigenvalue weighted by Gasteiger charge is 2.43. The Balaban J connectivity index is 2.31. The summed E-state index contributed by atoms with van der Waals surface area (Å²) in [6.07, 6.45) is 0.755. The van der Waals surface area contributed by atoms with E-state index in [1.165, 1.54) is 0 Å². The topological polar surface area (TPSA) is 64.1 Å². The van der Waals surface area contributed by atoms with E-state index in [-0.39, 0.29) is 34.5 Å². The van der Waals surface area contributed by atoms with Crippen LogP contribution in [0.15, 0.2) is 6.20 Å². The summed E-state index contributed by atoms with van der Waals surface area (Å²) in [5.74, 6) is -1.83. The van der Waals surface area contributed by atoms with Gasteiger partial charge in [0.15, 0.2) is 5.82 Å². The zero-order chi connectivity index (χ0) is 15.8. The number of aromatic nitrogens is 2.